The Bertz CT molecular complexity index is 398. The molecule has 2 rings (SSSR count). The zero-order chi connectivity index (χ0) is 13.0. The van der Waals surface area contributed by atoms with E-state index in [0.29, 0.717) is 0 Å². The number of thioether (sulfide) groups is 1. The van der Waals surface area contributed by atoms with Gasteiger partial charge in [0.15, 0.2) is 0 Å². The fraction of sp³-hybridized carbons (Fsp3) is 0.500. The van der Waals surface area contributed by atoms with Gasteiger partial charge in [-0.05, 0) is 24.7 Å². The van der Waals surface area contributed by atoms with E-state index in [1.54, 1.807) is 0 Å². The highest BCUT2D eigenvalue weighted by Gasteiger charge is 2.36. The van der Waals surface area contributed by atoms with Gasteiger partial charge in [-0.15, -0.1) is 0 Å². The van der Waals surface area contributed by atoms with Crippen molar-refractivity contribution >= 4 is 17.7 Å². The first kappa shape index (κ1) is 13.4. The van der Waals surface area contributed by atoms with Gasteiger partial charge in [0, 0.05) is 11.3 Å². The Kier molecular flexibility index (Phi) is 4.30. The zero-order valence-electron chi connectivity index (χ0n) is 10.7. The number of amides is 1. The summed E-state index contributed by atoms with van der Waals surface area (Å²) < 4.78 is 0.256. The molecule has 0 aromatic heterocycles. The van der Waals surface area contributed by atoms with E-state index >= 15 is 0 Å². The van der Waals surface area contributed by atoms with Crippen LogP contribution in [0.1, 0.15) is 30.9 Å². The van der Waals surface area contributed by atoms with Crippen LogP contribution in [0.3, 0.4) is 0 Å². The number of nitrogens with two attached hydrogens (primary N) is 1. The molecule has 1 aromatic rings. The number of rotatable bonds is 5. The summed E-state index contributed by atoms with van der Waals surface area (Å²) in [5, 5.41) is 2.99. The third kappa shape index (κ3) is 2.87. The normalized spacial score (nSPS) is 18.8. The molecule has 1 aliphatic rings. The van der Waals surface area contributed by atoms with Crippen molar-refractivity contribution in [2.75, 3.05) is 12.8 Å². The average molecular weight is 264 g/mol. The molecular formula is C14H20N2OS. The van der Waals surface area contributed by atoms with Crippen molar-refractivity contribution in [3.63, 3.8) is 0 Å². The summed E-state index contributed by atoms with van der Waals surface area (Å²) in [5.74, 6) is -0.0819. The maximum atomic E-state index is 12.0. The van der Waals surface area contributed by atoms with Crippen molar-refractivity contribution in [3.05, 3.63) is 35.9 Å². The molecule has 1 atom stereocenters. The SMILES string of the molecule is CSC1(CNC(=O)C(N)c2ccccc2)CCC1. The van der Waals surface area contributed by atoms with Gasteiger partial charge in [0.1, 0.15) is 6.04 Å². The van der Waals surface area contributed by atoms with E-state index < -0.39 is 6.04 Å². The quantitative estimate of drug-likeness (QED) is 0.856. The Morgan fingerprint density at radius 2 is 2.11 bits per heavy atom. The van der Waals surface area contributed by atoms with E-state index in [-0.39, 0.29) is 10.7 Å². The number of benzene rings is 1. The van der Waals surface area contributed by atoms with Crippen LogP contribution in [0.4, 0.5) is 0 Å². The minimum atomic E-state index is -0.565. The van der Waals surface area contributed by atoms with Gasteiger partial charge < -0.3 is 11.1 Å². The average Bonchev–Trinajstić information content (AvgIpc) is 2.38. The van der Waals surface area contributed by atoms with Crippen LogP contribution in [0, 0.1) is 0 Å². The first-order valence-electron chi connectivity index (χ1n) is 6.30. The van der Waals surface area contributed by atoms with Crippen LogP contribution in [-0.2, 0) is 4.79 Å². The molecule has 1 aliphatic carbocycles. The lowest BCUT2D eigenvalue weighted by Crippen LogP contribution is -2.47. The van der Waals surface area contributed by atoms with Crippen molar-refractivity contribution in [1.82, 2.24) is 5.32 Å². The summed E-state index contributed by atoms with van der Waals surface area (Å²) in [4.78, 5) is 12.0. The number of carbonyl (C=O) groups excluding carboxylic acids is 1. The first-order valence-corrected chi connectivity index (χ1v) is 7.53. The lowest BCUT2D eigenvalue weighted by atomic mass is 9.84. The highest BCUT2D eigenvalue weighted by atomic mass is 32.2. The molecule has 0 aliphatic heterocycles. The van der Waals surface area contributed by atoms with Crippen LogP contribution >= 0.6 is 11.8 Å². The number of hydrogen-bond donors (Lipinski definition) is 2. The van der Waals surface area contributed by atoms with Crippen LogP contribution < -0.4 is 11.1 Å². The standard InChI is InChI=1S/C14H20N2OS/c1-18-14(8-5-9-14)10-16-13(17)12(15)11-6-3-2-4-7-11/h2-4,6-7,12H,5,8-10,15H2,1H3,(H,16,17). The molecule has 1 aromatic carbocycles. The molecule has 4 heteroatoms. The van der Waals surface area contributed by atoms with Gasteiger partial charge in [-0.1, -0.05) is 36.8 Å². The maximum absolute atomic E-state index is 12.0. The highest BCUT2D eigenvalue weighted by molar-refractivity contribution is 8.00. The Hall–Kier alpha value is -1.00. The molecule has 1 saturated carbocycles. The monoisotopic (exact) mass is 264 g/mol. The molecule has 0 bridgehead atoms. The lowest BCUT2D eigenvalue weighted by molar-refractivity contribution is -0.122. The van der Waals surface area contributed by atoms with Crippen LogP contribution in [0.25, 0.3) is 0 Å². The van der Waals surface area contributed by atoms with E-state index in [2.05, 4.69) is 11.6 Å². The summed E-state index contributed by atoms with van der Waals surface area (Å²) in [6, 6.07) is 8.93. The van der Waals surface area contributed by atoms with Gasteiger partial charge in [-0.25, -0.2) is 0 Å². The van der Waals surface area contributed by atoms with E-state index in [1.165, 1.54) is 19.3 Å². The van der Waals surface area contributed by atoms with E-state index in [0.717, 1.165) is 12.1 Å². The molecule has 3 N–H and O–H groups in total. The topological polar surface area (TPSA) is 55.1 Å². The van der Waals surface area contributed by atoms with Gasteiger partial charge in [-0.3, -0.25) is 4.79 Å². The van der Waals surface area contributed by atoms with E-state index in [4.69, 9.17) is 5.73 Å². The number of carbonyl (C=O) groups is 1. The largest absolute Gasteiger partial charge is 0.353 e. The molecule has 1 unspecified atom stereocenters. The Morgan fingerprint density at radius 3 is 2.61 bits per heavy atom. The molecule has 3 nitrogen and oxygen atoms in total. The van der Waals surface area contributed by atoms with Crippen LogP contribution in [0.2, 0.25) is 0 Å². The van der Waals surface area contributed by atoms with Gasteiger partial charge in [0.05, 0.1) is 0 Å². The molecule has 0 saturated heterocycles. The van der Waals surface area contributed by atoms with Gasteiger partial charge in [0.2, 0.25) is 5.91 Å². The lowest BCUT2D eigenvalue weighted by Gasteiger charge is -2.40. The molecular weight excluding hydrogens is 244 g/mol. The number of hydrogen-bond acceptors (Lipinski definition) is 3. The van der Waals surface area contributed by atoms with Crippen LogP contribution in [0.15, 0.2) is 30.3 Å². The predicted molar refractivity (Wildman–Crippen MR) is 76.5 cm³/mol. The summed E-state index contributed by atoms with van der Waals surface area (Å²) in [5.41, 5.74) is 6.81. The maximum Gasteiger partial charge on any atom is 0.241 e. The summed E-state index contributed by atoms with van der Waals surface area (Å²) in [7, 11) is 0. The summed E-state index contributed by atoms with van der Waals surface area (Å²) in [6.45, 7) is 0.730. The number of nitrogens with one attached hydrogen (secondary N) is 1. The fourth-order valence-corrected chi connectivity index (χ4v) is 3.11. The molecule has 0 heterocycles. The zero-order valence-corrected chi connectivity index (χ0v) is 11.5. The third-order valence-electron chi connectivity index (χ3n) is 3.72. The van der Waals surface area contributed by atoms with Gasteiger partial charge in [-0.2, -0.15) is 11.8 Å². The summed E-state index contributed by atoms with van der Waals surface area (Å²) in [6.07, 6.45) is 5.76. The fourth-order valence-electron chi connectivity index (χ4n) is 2.19. The van der Waals surface area contributed by atoms with Crippen LogP contribution in [0.5, 0.6) is 0 Å². The van der Waals surface area contributed by atoms with E-state index in [1.807, 2.05) is 42.1 Å². The second-order valence-corrected chi connectivity index (χ2v) is 6.12. The third-order valence-corrected chi connectivity index (χ3v) is 5.14. The second-order valence-electron chi connectivity index (χ2n) is 4.85. The Morgan fingerprint density at radius 1 is 1.44 bits per heavy atom. The van der Waals surface area contributed by atoms with Crippen molar-refractivity contribution in [3.8, 4) is 0 Å². The van der Waals surface area contributed by atoms with Crippen molar-refractivity contribution in [1.29, 1.82) is 0 Å². The smallest absolute Gasteiger partial charge is 0.241 e. The molecule has 0 spiro atoms. The minimum absolute atomic E-state index is 0.0819. The van der Waals surface area contributed by atoms with Crippen molar-refractivity contribution < 1.29 is 4.79 Å². The van der Waals surface area contributed by atoms with Crippen molar-refractivity contribution in [2.24, 2.45) is 5.73 Å². The van der Waals surface area contributed by atoms with E-state index in [9.17, 15) is 4.79 Å². The molecule has 0 radical (unpaired) electrons. The second kappa shape index (κ2) is 5.76. The Balaban J connectivity index is 1.88. The molecule has 1 fully saturated rings. The van der Waals surface area contributed by atoms with Crippen molar-refractivity contribution in [2.45, 2.75) is 30.1 Å². The highest BCUT2D eigenvalue weighted by Crippen LogP contribution is 2.42. The Labute approximate surface area is 113 Å². The minimum Gasteiger partial charge on any atom is -0.353 e. The predicted octanol–water partition coefficient (Wildman–Crippen LogP) is 2.09. The molecule has 18 heavy (non-hydrogen) atoms. The van der Waals surface area contributed by atoms with Crippen LogP contribution in [-0.4, -0.2) is 23.5 Å². The molecule has 98 valence electrons. The first-order chi connectivity index (χ1) is 8.67. The summed E-state index contributed by atoms with van der Waals surface area (Å²) >= 11 is 1.85. The molecule has 1 amide bonds. The van der Waals surface area contributed by atoms with Gasteiger partial charge in [0.25, 0.3) is 0 Å². The van der Waals surface area contributed by atoms with Gasteiger partial charge >= 0.3 is 0 Å².